The van der Waals surface area contributed by atoms with Crippen LogP contribution in [-0.2, 0) is 4.79 Å². The Morgan fingerprint density at radius 1 is 1.58 bits per heavy atom. The van der Waals surface area contributed by atoms with Gasteiger partial charge in [0.2, 0.25) is 0 Å². The third kappa shape index (κ3) is 2.62. The summed E-state index contributed by atoms with van der Waals surface area (Å²) in [5, 5.41) is 14.8. The molecule has 1 amide bonds. The molecule has 102 valence electrons. The lowest BCUT2D eigenvalue weighted by Crippen LogP contribution is -2.45. The quantitative estimate of drug-likeness (QED) is 0.818. The van der Waals surface area contributed by atoms with Gasteiger partial charge in [-0.25, -0.2) is 9.89 Å². The number of amides is 1. The van der Waals surface area contributed by atoms with Crippen LogP contribution in [-0.4, -0.2) is 49.2 Å². The van der Waals surface area contributed by atoms with Crippen LogP contribution in [0.3, 0.4) is 0 Å². The van der Waals surface area contributed by atoms with Crippen LogP contribution in [0.2, 0.25) is 0 Å². The van der Waals surface area contributed by atoms with Gasteiger partial charge in [0.15, 0.2) is 0 Å². The Labute approximate surface area is 113 Å². The van der Waals surface area contributed by atoms with Crippen LogP contribution in [0.4, 0.5) is 0 Å². The van der Waals surface area contributed by atoms with Crippen molar-refractivity contribution in [3.63, 3.8) is 0 Å². The lowest BCUT2D eigenvalue weighted by Gasteiger charge is -2.25. The summed E-state index contributed by atoms with van der Waals surface area (Å²) in [5.74, 6) is -1.13. The first-order chi connectivity index (χ1) is 9.04. The van der Waals surface area contributed by atoms with Crippen molar-refractivity contribution in [2.24, 2.45) is 0 Å². The maximum absolute atomic E-state index is 12.3. The van der Waals surface area contributed by atoms with E-state index < -0.39 is 23.5 Å². The summed E-state index contributed by atoms with van der Waals surface area (Å²) >= 11 is 1.44. The second-order valence-corrected chi connectivity index (χ2v) is 5.28. The fraction of sp³-hybridized carbons (Fsp3) is 0.455. The van der Waals surface area contributed by atoms with Crippen LogP contribution in [0.1, 0.15) is 23.8 Å². The van der Waals surface area contributed by atoms with Gasteiger partial charge in [-0.1, -0.05) is 6.92 Å². The molecule has 2 unspecified atom stereocenters. The average Bonchev–Trinajstić information content (AvgIpc) is 2.82. The monoisotopic (exact) mass is 283 g/mol. The van der Waals surface area contributed by atoms with Crippen LogP contribution >= 0.6 is 11.8 Å². The predicted octanol–water partition coefficient (Wildman–Crippen LogP) is 0.148. The molecule has 0 bridgehead atoms. The zero-order valence-electron chi connectivity index (χ0n) is 10.2. The number of hydrogen-bond acceptors (Lipinski definition) is 5. The molecule has 1 aromatic heterocycles. The van der Waals surface area contributed by atoms with Crippen LogP contribution in [0.25, 0.3) is 0 Å². The standard InChI is InChI=1S/C11H13N3O4S/c1-2-9-14(7(5-19-9)11(17)18)10(16)6-3-4-8(15)13-12-6/h3-4,7,9H,2,5H2,1H3,(H,13,15)(H,17,18). The van der Waals surface area contributed by atoms with E-state index in [1.54, 1.807) is 0 Å². The molecule has 1 aliphatic heterocycles. The van der Waals surface area contributed by atoms with Gasteiger partial charge < -0.3 is 10.0 Å². The zero-order chi connectivity index (χ0) is 14.0. The van der Waals surface area contributed by atoms with Gasteiger partial charge in [-0.3, -0.25) is 9.59 Å². The lowest BCUT2D eigenvalue weighted by molar-refractivity contribution is -0.141. The Bertz CT molecular complexity index is 539. The van der Waals surface area contributed by atoms with Crippen molar-refractivity contribution >= 4 is 23.6 Å². The molecule has 1 aromatic rings. The molecular weight excluding hydrogens is 270 g/mol. The number of carboxylic acid groups (broad SMARTS) is 1. The van der Waals surface area contributed by atoms with Gasteiger partial charge in [0.25, 0.3) is 11.5 Å². The zero-order valence-corrected chi connectivity index (χ0v) is 11.0. The molecule has 1 saturated heterocycles. The van der Waals surface area contributed by atoms with Crippen molar-refractivity contribution in [2.45, 2.75) is 24.8 Å². The fourth-order valence-electron chi connectivity index (χ4n) is 1.94. The molecule has 8 heteroatoms. The second-order valence-electron chi connectivity index (χ2n) is 4.07. The lowest BCUT2D eigenvalue weighted by atomic mass is 10.2. The first kappa shape index (κ1) is 13.6. The molecule has 7 nitrogen and oxygen atoms in total. The number of H-pyrrole nitrogens is 1. The van der Waals surface area contributed by atoms with Gasteiger partial charge in [-0.2, -0.15) is 5.10 Å². The van der Waals surface area contributed by atoms with E-state index >= 15 is 0 Å². The molecule has 1 fully saturated rings. The third-order valence-corrected chi connectivity index (χ3v) is 4.31. The Balaban J connectivity index is 2.30. The number of aromatic amines is 1. The Morgan fingerprint density at radius 2 is 2.32 bits per heavy atom. The van der Waals surface area contributed by atoms with Crippen LogP contribution in [0.15, 0.2) is 16.9 Å². The van der Waals surface area contributed by atoms with E-state index in [0.29, 0.717) is 12.2 Å². The molecule has 0 saturated carbocycles. The molecule has 0 spiro atoms. The second kappa shape index (κ2) is 5.43. The molecule has 2 heterocycles. The molecular formula is C11H13N3O4S. The van der Waals surface area contributed by atoms with E-state index in [9.17, 15) is 14.4 Å². The number of nitrogens with one attached hydrogen (secondary N) is 1. The summed E-state index contributed by atoms with van der Waals surface area (Å²) in [6.07, 6.45) is 0.656. The molecule has 0 aromatic carbocycles. The highest BCUT2D eigenvalue weighted by Gasteiger charge is 2.41. The number of nitrogens with zero attached hydrogens (tertiary/aromatic N) is 2. The summed E-state index contributed by atoms with van der Waals surface area (Å²) in [5.41, 5.74) is -0.360. The van der Waals surface area contributed by atoms with Gasteiger partial charge in [0.05, 0.1) is 5.37 Å². The van der Waals surface area contributed by atoms with Gasteiger partial charge in [-0.05, 0) is 12.5 Å². The Hall–Kier alpha value is -1.83. The largest absolute Gasteiger partial charge is 0.480 e. The smallest absolute Gasteiger partial charge is 0.327 e. The normalized spacial score (nSPS) is 22.5. The molecule has 2 N–H and O–H groups in total. The van der Waals surface area contributed by atoms with E-state index in [0.717, 1.165) is 0 Å². The van der Waals surface area contributed by atoms with Gasteiger partial charge in [0, 0.05) is 11.8 Å². The fourth-order valence-corrected chi connectivity index (χ4v) is 3.28. The maximum atomic E-state index is 12.3. The molecule has 1 aliphatic rings. The third-order valence-electron chi connectivity index (χ3n) is 2.86. The predicted molar refractivity (Wildman–Crippen MR) is 69.0 cm³/mol. The number of carbonyl (C=O) groups is 2. The molecule has 19 heavy (non-hydrogen) atoms. The highest BCUT2D eigenvalue weighted by atomic mass is 32.2. The van der Waals surface area contributed by atoms with Crippen LogP contribution in [0, 0.1) is 0 Å². The minimum Gasteiger partial charge on any atom is -0.480 e. The highest BCUT2D eigenvalue weighted by molar-refractivity contribution is 8.00. The van der Waals surface area contributed by atoms with Crippen molar-refractivity contribution < 1.29 is 14.7 Å². The maximum Gasteiger partial charge on any atom is 0.327 e. The SMILES string of the molecule is CCC1SCC(C(=O)O)N1C(=O)c1ccc(=O)[nH]n1. The number of rotatable bonds is 3. The van der Waals surface area contributed by atoms with Gasteiger partial charge in [0.1, 0.15) is 11.7 Å². The summed E-state index contributed by atoms with van der Waals surface area (Å²) < 4.78 is 0. The van der Waals surface area contributed by atoms with Crippen molar-refractivity contribution in [1.82, 2.24) is 15.1 Å². The number of hydrogen-bond donors (Lipinski definition) is 2. The van der Waals surface area contributed by atoms with Crippen LogP contribution < -0.4 is 5.56 Å². The van der Waals surface area contributed by atoms with E-state index in [2.05, 4.69) is 10.2 Å². The summed E-state index contributed by atoms with van der Waals surface area (Å²) in [6.45, 7) is 1.89. The average molecular weight is 283 g/mol. The number of aromatic nitrogens is 2. The van der Waals surface area contributed by atoms with Crippen molar-refractivity contribution in [3.8, 4) is 0 Å². The first-order valence-electron chi connectivity index (χ1n) is 5.77. The number of thioether (sulfide) groups is 1. The summed E-state index contributed by atoms with van der Waals surface area (Å²) in [7, 11) is 0. The summed E-state index contributed by atoms with van der Waals surface area (Å²) in [6, 6.07) is 1.65. The van der Waals surface area contributed by atoms with Gasteiger partial charge >= 0.3 is 5.97 Å². The van der Waals surface area contributed by atoms with E-state index in [1.807, 2.05) is 6.92 Å². The van der Waals surface area contributed by atoms with Crippen LogP contribution in [0.5, 0.6) is 0 Å². The van der Waals surface area contributed by atoms with Crippen molar-refractivity contribution in [1.29, 1.82) is 0 Å². The van der Waals surface area contributed by atoms with Crippen molar-refractivity contribution in [3.05, 3.63) is 28.2 Å². The molecule has 2 atom stereocenters. The minimum atomic E-state index is -1.03. The Kier molecular flexibility index (Phi) is 3.89. The van der Waals surface area contributed by atoms with Crippen molar-refractivity contribution in [2.75, 3.05) is 5.75 Å². The number of carboxylic acids is 1. The highest BCUT2D eigenvalue weighted by Crippen LogP contribution is 2.32. The minimum absolute atomic E-state index is 0.0480. The molecule has 0 aliphatic carbocycles. The van der Waals surface area contributed by atoms with E-state index in [4.69, 9.17) is 5.11 Å². The van der Waals surface area contributed by atoms with E-state index in [-0.39, 0.29) is 11.1 Å². The number of carbonyl (C=O) groups excluding carboxylic acids is 1. The molecule has 2 rings (SSSR count). The molecule has 0 radical (unpaired) electrons. The first-order valence-corrected chi connectivity index (χ1v) is 6.82. The summed E-state index contributed by atoms with van der Waals surface area (Å²) in [4.78, 5) is 35.7. The number of aliphatic carboxylic acids is 1. The topological polar surface area (TPSA) is 103 Å². The van der Waals surface area contributed by atoms with E-state index in [1.165, 1.54) is 28.8 Å². The van der Waals surface area contributed by atoms with Gasteiger partial charge in [-0.15, -0.1) is 11.8 Å². The Morgan fingerprint density at radius 3 is 2.84 bits per heavy atom.